The van der Waals surface area contributed by atoms with E-state index in [1.807, 2.05) is 43.7 Å². The molecule has 96 valence electrons. The summed E-state index contributed by atoms with van der Waals surface area (Å²) in [4.78, 5) is 0. The zero-order valence-corrected chi connectivity index (χ0v) is 11.1. The second-order valence-electron chi connectivity index (χ2n) is 4.67. The Balaban J connectivity index is 1.91. The molecule has 0 aliphatic rings. The molecule has 3 nitrogen and oxygen atoms in total. The van der Waals surface area contributed by atoms with Crippen molar-refractivity contribution in [3.05, 3.63) is 66.5 Å². The molecule has 0 atom stereocenters. The molecule has 0 N–H and O–H groups in total. The van der Waals surface area contributed by atoms with E-state index in [1.54, 1.807) is 4.68 Å². The van der Waals surface area contributed by atoms with Gasteiger partial charge in [0.15, 0.2) is 0 Å². The molecule has 0 amide bonds. The average molecular weight is 259 g/mol. The third-order valence-corrected chi connectivity index (χ3v) is 3.27. The minimum absolute atomic E-state index is 0.681. The molecule has 0 unspecified atom stereocenters. The third kappa shape index (κ3) is 2.32. The van der Waals surface area contributed by atoms with E-state index in [-0.39, 0.29) is 0 Å². The highest BCUT2D eigenvalue weighted by Crippen LogP contribution is 2.24. The number of aromatic nitrogens is 2. The maximum atomic E-state index is 8.81. The van der Waals surface area contributed by atoms with Gasteiger partial charge in [-0.15, -0.1) is 0 Å². The van der Waals surface area contributed by atoms with Crippen LogP contribution in [-0.2, 0) is 7.05 Å². The molecule has 1 heterocycles. The molecule has 1 aromatic heterocycles. The van der Waals surface area contributed by atoms with Crippen LogP contribution in [0.4, 0.5) is 0 Å². The van der Waals surface area contributed by atoms with Gasteiger partial charge >= 0.3 is 0 Å². The summed E-state index contributed by atoms with van der Waals surface area (Å²) in [5.74, 6) is 0. The molecule has 3 aromatic rings. The fourth-order valence-corrected chi connectivity index (χ4v) is 2.16. The van der Waals surface area contributed by atoms with Crippen LogP contribution in [-0.4, -0.2) is 9.78 Å². The van der Waals surface area contributed by atoms with E-state index in [2.05, 4.69) is 35.4 Å². The first-order valence-corrected chi connectivity index (χ1v) is 6.36. The minimum Gasteiger partial charge on any atom is -0.275 e. The van der Waals surface area contributed by atoms with Gasteiger partial charge in [0.05, 0.1) is 17.8 Å². The molecule has 0 bridgehead atoms. The summed E-state index contributed by atoms with van der Waals surface area (Å²) in [6.45, 7) is 0. The summed E-state index contributed by atoms with van der Waals surface area (Å²) in [6, 6.07) is 18.1. The number of aryl methyl sites for hydroxylation is 1. The highest BCUT2D eigenvalue weighted by Gasteiger charge is 2.02. The Bertz CT molecular complexity index is 759. The van der Waals surface area contributed by atoms with Gasteiger partial charge in [-0.2, -0.15) is 10.4 Å². The molecular formula is C17H13N3. The van der Waals surface area contributed by atoms with Crippen molar-refractivity contribution < 1.29 is 0 Å². The molecule has 0 saturated carbocycles. The first-order valence-electron chi connectivity index (χ1n) is 6.36. The highest BCUT2D eigenvalue weighted by molar-refractivity contribution is 5.70. The molecule has 0 radical (unpaired) electrons. The van der Waals surface area contributed by atoms with E-state index >= 15 is 0 Å². The topological polar surface area (TPSA) is 41.6 Å². The van der Waals surface area contributed by atoms with Crippen LogP contribution in [0.3, 0.4) is 0 Å². The number of nitrogens with zero attached hydrogens (tertiary/aromatic N) is 3. The fourth-order valence-electron chi connectivity index (χ4n) is 2.16. The number of hydrogen-bond acceptors (Lipinski definition) is 2. The Morgan fingerprint density at radius 2 is 1.35 bits per heavy atom. The van der Waals surface area contributed by atoms with Gasteiger partial charge in [0.1, 0.15) is 0 Å². The van der Waals surface area contributed by atoms with Crippen LogP contribution in [0.1, 0.15) is 5.56 Å². The summed E-state index contributed by atoms with van der Waals surface area (Å²) in [5.41, 5.74) is 5.19. The smallest absolute Gasteiger partial charge is 0.0991 e. The SMILES string of the molecule is Cn1cc(-c2ccc(-c3ccc(C#N)cc3)cc2)cn1. The van der Waals surface area contributed by atoms with E-state index in [4.69, 9.17) is 5.26 Å². The predicted octanol–water partition coefficient (Wildman–Crippen LogP) is 3.63. The first kappa shape index (κ1) is 12.2. The molecule has 0 aliphatic carbocycles. The van der Waals surface area contributed by atoms with Gasteiger partial charge in [0.2, 0.25) is 0 Å². The van der Waals surface area contributed by atoms with Gasteiger partial charge in [-0.3, -0.25) is 4.68 Å². The van der Waals surface area contributed by atoms with Crippen LogP contribution in [0, 0.1) is 11.3 Å². The standard InChI is InChI=1S/C17H13N3/c1-20-12-17(11-19-20)16-8-6-15(7-9-16)14-4-2-13(10-18)3-5-14/h2-9,11-12H,1H3. The van der Waals surface area contributed by atoms with Crippen molar-refractivity contribution in [2.24, 2.45) is 7.05 Å². The Labute approximate surface area is 117 Å². The largest absolute Gasteiger partial charge is 0.275 e. The summed E-state index contributed by atoms with van der Waals surface area (Å²) >= 11 is 0. The van der Waals surface area contributed by atoms with Crippen LogP contribution < -0.4 is 0 Å². The summed E-state index contributed by atoms with van der Waals surface area (Å²) in [7, 11) is 1.91. The Morgan fingerprint density at radius 1 is 0.850 bits per heavy atom. The van der Waals surface area contributed by atoms with Crippen LogP contribution in [0.5, 0.6) is 0 Å². The molecule has 0 fully saturated rings. The Kier molecular flexibility index (Phi) is 3.06. The average Bonchev–Trinajstić information content (AvgIpc) is 2.94. The van der Waals surface area contributed by atoms with Crippen LogP contribution in [0.25, 0.3) is 22.3 Å². The number of hydrogen-bond donors (Lipinski definition) is 0. The second-order valence-corrected chi connectivity index (χ2v) is 4.67. The molecule has 20 heavy (non-hydrogen) atoms. The van der Waals surface area contributed by atoms with E-state index in [0.29, 0.717) is 5.56 Å². The summed E-state index contributed by atoms with van der Waals surface area (Å²) in [6.07, 6.45) is 3.85. The minimum atomic E-state index is 0.681. The van der Waals surface area contributed by atoms with Crippen LogP contribution >= 0.6 is 0 Å². The second kappa shape index (κ2) is 5.02. The third-order valence-electron chi connectivity index (χ3n) is 3.27. The molecule has 3 heteroatoms. The molecular weight excluding hydrogens is 246 g/mol. The molecule has 0 saturated heterocycles. The van der Waals surface area contributed by atoms with Gasteiger partial charge < -0.3 is 0 Å². The lowest BCUT2D eigenvalue weighted by molar-refractivity contribution is 0.768. The zero-order valence-electron chi connectivity index (χ0n) is 11.1. The van der Waals surface area contributed by atoms with Gasteiger partial charge in [-0.1, -0.05) is 36.4 Å². The Morgan fingerprint density at radius 3 is 1.80 bits per heavy atom. The molecule has 0 aliphatic heterocycles. The fraction of sp³-hybridized carbons (Fsp3) is 0.0588. The highest BCUT2D eigenvalue weighted by atomic mass is 15.2. The summed E-state index contributed by atoms with van der Waals surface area (Å²) in [5, 5.41) is 13.0. The van der Waals surface area contributed by atoms with Crippen molar-refractivity contribution in [2.75, 3.05) is 0 Å². The predicted molar refractivity (Wildman–Crippen MR) is 78.8 cm³/mol. The number of benzene rings is 2. The van der Waals surface area contributed by atoms with E-state index < -0.39 is 0 Å². The van der Waals surface area contributed by atoms with Gasteiger partial charge in [0.25, 0.3) is 0 Å². The quantitative estimate of drug-likeness (QED) is 0.705. The van der Waals surface area contributed by atoms with Crippen molar-refractivity contribution >= 4 is 0 Å². The normalized spacial score (nSPS) is 10.2. The molecule has 2 aromatic carbocycles. The maximum absolute atomic E-state index is 8.81. The van der Waals surface area contributed by atoms with Crippen LogP contribution in [0.15, 0.2) is 60.9 Å². The monoisotopic (exact) mass is 259 g/mol. The zero-order chi connectivity index (χ0) is 13.9. The first-order chi connectivity index (χ1) is 9.76. The molecule has 0 spiro atoms. The van der Waals surface area contributed by atoms with E-state index in [1.165, 1.54) is 0 Å². The van der Waals surface area contributed by atoms with Crippen molar-refractivity contribution in [1.82, 2.24) is 9.78 Å². The summed E-state index contributed by atoms with van der Waals surface area (Å²) < 4.78 is 1.80. The maximum Gasteiger partial charge on any atom is 0.0991 e. The lowest BCUT2D eigenvalue weighted by Crippen LogP contribution is -1.84. The van der Waals surface area contributed by atoms with Gasteiger partial charge in [-0.05, 0) is 28.8 Å². The van der Waals surface area contributed by atoms with Gasteiger partial charge in [0, 0.05) is 18.8 Å². The lowest BCUT2D eigenvalue weighted by Gasteiger charge is -2.03. The Hall–Kier alpha value is -2.86. The van der Waals surface area contributed by atoms with Crippen LogP contribution in [0.2, 0.25) is 0 Å². The van der Waals surface area contributed by atoms with E-state index in [0.717, 1.165) is 22.3 Å². The number of nitriles is 1. The van der Waals surface area contributed by atoms with E-state index in [9.17, 15) is 0 Å². The van der Waals surface area contributed by atoms with Crippen molar-refractivity contribution in [3.8, 4) is 28.3 Å². The number of rotatable bonds is 2. The van der Waals surface area contributed by atoms with Crippen molar-refractivity contribution in [2.45, 2.75) is 0 Å². The molecule has 3 rings (SSSR count). The van der Waals surface area contributed by atoms with Crippen molar-refractivity contribution in [3.63, 3.8) is 0 Å². The van der Waals surface area contributed by atoms with Crippen molar-refractivity contribution in [1.29, 1.82) is 5.26 Å². The van der Waals surface area contributed by atoms with Gasteiger partial charge in [-0.25, -0.2) is 0 Å². The lowest BCUT2D eigenvalue weighted by atomic mass is 10.0.